The molecule has 0 saturated carbocycles. The number of aromatic nitrogens is 3. The normalized spacial score (nSPS) is 13.5. The zero-order valence-electron chi connectivity index (χ0n) is 17.9. The van der Waals surface area contributed by atoms with Gasteiger partial charge in [-0.25, -0.2) is 9.97 Å². The lowest BCUT2D eigenvalue weighted by Gasteiger charge is -2.15. The molecular formula is C22H25N5O4S. The van der Waals surface area contributed by atoms with Crippen LogP contribution in [-0.4, -0.2) is 56.9 Å². The topological polar surface area (TPSA) is 106 Å². The van der Waals surface area contributed by atoms with Gasteiger partial charge in [-0.05, 0) is 31.9 Å². The van der Waals surface area contributed by atoms with Crippen LogP contribution < -0.4 is 5.32 Å². The Morgan fingerprint density at radius 1 is 1.12 bits per heavy atom. The second-order valence-electron chi connectivity index (χ2n) is 7.54. The third-order valence-electron chi connectivity index (χ3n) is 5.23. The van der Waals surface area contributed by atoms with Crippen LogP contribution in [-0.2, 0) is 38.5 Å². The number of carbonyl (C=O) groups excluding carboxylic acids is 3. The maximum atomic E-state index is 12.8. The minimum absolute atomic E-state index is 0.00984. The fourth-order valence-electron chi connectivity index (χ4n) is 3.76. The van der Waals surface area contributed by atoms with Crippen LogP contribution in [0.3, 0.4) is 0 Å². The van der Waals surface area contributed by atoms with E-state index < -0.39 is 0 Å². The molecule has 2 amide bonds. The summed E-state index contributed by atoms with van der Waals surface area (Å²) < 4.78 is 6.71. The molecule has 1 N–H and O–H groups in total. The number of benzene rings is 1. The first-order chi connectivity index (χ1) is 15.5. The first-order valence-corrected chi connectivity index (χ1v) is 11.5. The number of hydrogen-bond acceptors (Lipinski definition) is 7. The highest BCUT2D eigenvalue weighted by atomic mass is 32.1. The summed E-state index contributed by atoms with van der Waals surface area (Å²) in [7, 11) is 0. The van der Waals surface area contributed by atoms with Gasteiger partial charge in [-0.15, -0.1) is 11.3 Å². The predicted octanol–water partition coefficient (Wildman–Crippen LogP) is 2.40. The number of ether oxygens (including phenoxy) is 1. The number of hydrogen-bond donors (Lipinski definition) is 1. The van der Waals surface area contributed by atoms with Gasteiger partial charge in [0, 0.05) is 18.5 Å². The third kappa shape index (κ3) is 5.13. The van der Waals surface area contributed by atoms with Crippen molar-refractivity contribution in [2.45, 2.75) is 39.2 Å². The summed E-state index contributed by atoms with van der Waals surface area (Å²) in [5.74, 6) is -0.0312. The lowest BCUT2D eigenvalue weighted by molar-refractivity contribution is -0.142. The minimum atomic E-state index is -0.354. The van der Waals surface area contributed by atoms with Crippen molar-refractivity contribution >= 4 is 45.3 Å². The van der Waals surface area contributed by atoms with Crippen LogP contribution in [0.5, 0.6) is 0 Å². The Labute approximate surface area is 189 Å². The minimum Gasteiger partial charge on any atom is -0.466 e. The van der Waals surface area contributed by atoms with Crippen molar-refractivity contribution in [1.29, 1.82) is 0 Å². The maximum absolute atomic E-state index is 12.8. The van der Waals surface area contributed by atoms with E-state index in [1.807, 2.05) is 29.2 Å². The highest BCUT2D eigenvalue weighted by molar-refractivity contribution is 7.13. The second-order valence-corrected chi connectivity index (χ2v) is 8.40. The van der Waals surface area contributed by atoms with Gasteiger partial charge in [0.05, 0.1) is 36.2 Å². The molecular weight excluding hydrogens is 430 g/mol. The number of anilines is 1. The van der Waals surface area contributed by atoms with Crippen molar-refractivity contribution in [1.82, 2.24) is 19.4 Å². The highest BCUT2D eigenvalue weighted by Gasteiger charge is 2.22. The van der Waals surface area contributed by atoms with E-state index in [1.54, 1.807) is 16.9 Å². The predicted molar refractivity (Wildman–Crippen MR) is 120 cm³/mol. The highest BCUT2D eigenvalue weighted by Crippen LogP contribution is 2.20. The van der Waals surface area contributed by atoms with Crippen molar-refractivity contribution in [3.63, 3.8) is 0 Å². The number of likely N-dealkylation sites (tertiary alicyclic amines) is 1. The van der Waals surface area contributed by atoms with Crippen molar-refractivity contribution in [2.24, 2.45) is 0 Å². The molecule has 9 nitrogen and oxygen atoms in total. The summed E-state index contributed by atoms with van der Waals surface area (Å²) in [5, 5.41) is 4.91. The number of rotatable bonds is 8. The molecule has 3 aromatic rings. The van der Waals surface area contributed by atoms with Crippen molar-refractivity contribution in [3.05, 3.63) is 41.2 Å². The van der Waals surface area contributed by atoms with Crippen LogP contribution in [0.4, 0.5) is 5.13 Å². The zero-order valence-corrected chi connectivity index (χ0v) is 18.7. The fourth-order valence-corrected chi connectivity index (χ4v) is 4.48. The van der Waals surface area contributed by atoms with Gasteiger partial charge in [0.15, 0.2) is 5.13 Å². The van der Waals surface area contributed by atoms with Crippen molar-refractivity contribution in [2.75, 3.05) is 25.0 Å². The fraction of sp³-hybridized carbons (Fsp3) is 0.409. The smallest absolute Gasteiger partial charge is 0.311 e. The number of thiazole rings is 1. The standard InChI is InChI=1S/C22H25N5O4S/c1-2-31-21(30)11-15-14-32-22(23-15)25-19(28)13-27-17-8-4-3-7-16(17)24-18(27)12-20(29)26-9-5-6-10-26/h3-4,7-8,14H,2,5-6,9-13H2,1H3,(H,23,25,28). The summed E-state index contributed by atoms with van der Waals surface area (Å²) in [4.78, 5) is 47.8. The summed E-state index contributed by atoms with van der Waals surface area (Å²) in [6, 6.07) is 7.52. The Bertz CT molecular complexity index is 1130. The molecule has 0 radical (unpaired) electrons. The average molecular weight is 456 g/mol. The van der Waals surface area contributed by atoms with Gasteiger partial charge < -0.3 is 19.5 Å². The molecule has 0 bridgehead atoms. The van der Waals surface area contributed by atoms with E-state index in [-0.39, 0.29) is 37.2 Å². The van der Waals surface area contributed by atoms with E-state index >= 15 is 0 Å². The lowest BCUT2D eigenvalue weighted by atomic mass is 10.3. The molecule has 1 aromatic carbocycles. The Morgan fingerprint density at radius 2 is 1.91 bits per heavy atom. The molecule has 2 aromatic heterocycles. The molecule has 3 heterocycles. The average Bonchev–Trinajstić information content (AvgIpc) is 3.50. The molecule has 1 aliphatic heterocycles. The number of para-hydroxylation sites is 2. The number of carbonyl (C=O) groups is 3. The molecule has 10 heteroatoms. The Morgan fingerprint density at radius 3 is 2.69 bits per heavy atom. The third-order valence-corrected chi connectivity index (χ3v) is 6.04. The number of fused-ring (bicyclic) bond motifs is 1. The molecule has 0 aliphatic carbocycles. The first kappa shape index (κ1) is 21.9. The van der Waals surface area contributed by atoms with Gasteiger partial charge in [-0.1, -0.05) is 12.1 Å². The number of nitrogens with zero attached hydrogens (tertiary/aromatic N) is 4. The molecule has 168 valence electrons. The van der Waals surface area contributed by atoms with Gasteiger partial charge >= 0.3 is 5.97 Å². The summed E-state index contributed by atoms with van der Waals surface area (Å²) >= 11 is 1.25. The SMILES string of the molecule is CCOC(=O)Cc1csc(NC(=O)Cn2c(CC(=O)N3CCCC3)nc3ccccc32)n1. The van der Waals surface area contributed by atoms with Gasteiger partial charge in [-0.2, -0.15) is 0 Å². The van der Waals surface area contributed by atoms with E-state index in [1.165, 1.54) is 11.3 Å². The number of imidazole rings is 1. The molecule has 1 aliphatic rings. The van der Waals surface area contributed by atoms with E-state index in [2.05, 4.69) is 15.3 Å². The van der Waals surface area contributed by atoms with Gasteiger partial charge in [-0.3, -0.25) is 14.4 Å². The van der Waals surface area contributed by atoms with E-state index in [0.29, 0.717) is 23.3 Å². The molecule has 1 fully saturated rings. The van der Waals surface area contributed by atoms with Crippen LogP contribution in [0.2, 0.25) is 0 Å². The Hall–Kier alpha value is -3.27. The van der Waals surface area contributed by atoms with Gasteiger partial charge in [0.1, 0.15) is 12.4 Å². The maximum Gasteiger partial charge on any atom is 0.311 e. The van der Waals surface area contributed by atoms with Crippen molar-refractivity contribution < 1.29 is 19.1 Å². The van der Waals surface area contributed by atoms with E-state index in [0.717, 1.165) is 37.0 Å². The largest absolute Gasteiger partial charge is 0.466 e. The van der Waals surface area contributed by atoms with E-state index in [9.17, 15) is 14.4 Å². The quantitative estimate of drug-likeness (QED) is 0.523. The second kappa shape index (κ2) is 9.90. The number of esters is 1. The Balaban J connectivity index is 1.47. The monoisotopic (exact) mass is 455 g/mol. The van der Waals surface area contributed by atoms with Crippen LogP contribution in [0, 0.1) is 0 Å². The van der Waals surface area contributed by atoms with Crippen LogP contribution in [0.15, 0.2) is 29.6 Å². The summed E-state index contributed by atoms with van der Waals surface area (Å²) in [6.45, 7) is 3.62. The first-order valence-electron chi connectivity index (χ1n) is 10.6. The molecule has 0 spiro atoms. The van der Waals surface area contributed by atoms with E-state index in [4.69, 9.17) is 4.74 Å². The summed E-state index contributed by atoms with van der Waals surface area (Å²) in [5.41, 5.74) is 2.10. The van der Waals surface area contributed by atoms with Crippen LogP contribution in [0.1, 0.15) is 31.3 Å². The molecule has 32 heavy (non-hydrogen) atoms. The Kier molecular flexibility index (Phi) is 6.79. The molecule has 0 unspecified atom stereocenters. The van der Waals surface area contributed by atoms with Crippen molar-refractivity contribution in [3.8, 4) is 0 Å². The zero-order chi connectivity index (χ0) is 22.5. The van der Waals surface area contributed by atoms with Crippen LogP contribution in [0.25, 0.3) is 11.0 Å². The van der Waals surface area contributed by atoms with Gasteiger partial charge in [0.2, 0.25) is 11.8 Å². The van der Waals surface area contributed by atoms with Gasteiger partial charge in [0.25, 0.3) is 0 Å². The number of amides is 2. The summed E-state index contributed by atoms with van der Waals surface area (Å²) in [6.07, 6.45) is 2.27. The number of nitrogens with one attached hydrogen (secondary N) is 1. The molecule has 0 atom stereocenters. The molecule has 4 rings (SSSR count). The lowest BCUT2D eigenvalue weighted by Crippen LogP contribution is -2.30. The van der Waals surface area contributed by atoms with Crippen LogP contribution >= 0.6 is 11.3 Å². The molecule has 1 saturated heterocycles.